The average Bonchev–Trinajstić information content (AvgIpc) is 2.85. The molecule has 0 bridgehead atoms. The summed E-state index contributed by atoms with van der Waals surface area (Å²) in [5, 5.41) is -0.335. The van der Waals surface area contributed by atoms with Gasteiger partial charge < -0.3 is 4.74 Å². The molecule has 0 fully saturated rings. The average molecular weight is 556 g/mol. The molecular formula is C28H24F3N3O4S. The Morgan fingerprint density at radius 3 is 2.10 bits per heavy atom. The number of alkyl halides is 3. The van der Waals surface area contributed by atoms with Crippen molar-refractivity contribution in [2.24, 2.45) is 0 Å². The van der Waals surface area contributed by atoms with Crippen molar-refractivity contribution in [2.45, 2.75) is 38.9 Å². The smallest absolute Gasteiger partial charge is 0.416 e. The largest absolute Gasteiger partial charge is 0.438 e. The summed E-state index contributed by atoms with van der Waals surface area (Å²) < 4.78 is 72.8. The molecule has 0 unspecified atom stereocenters. The molecule has 0 saturated carbocycles. The van der Waals surface area contributed by atoms with Crippen molar-refractivity contribution in [3.63, 3.8) is 0 Å². The standard InChI is InChI=1S/C28H24F3N3O4S/c1-16-14-17(2)25(18(3)15-16)38-27-22(26(35)34-39(36,37)24-7-5-6-19(4)32-24)12-13-23(33-27)20-8-10-21(11-9-20)28(29,30)31/h5-15H,1-4H3,(H,34,35). The minimum atomic E-state index is -4.50. The van der Waals surface area contributed by atoms with Crippen LogP contribution < -0.4 is 9.46 Å². The number of nitrogens with one attached hydrogen (secondary N) is 1. The Balaban J connectivity index is 1.77. The van der Waals surface area contributed by atoms with Crippen molar-refractivity contribution in [1.29, 1.82) is 0 Å². The van der Waals surface area contributed by atoms with Gasteiger partial charge >= 0.3 is 6.18 Å². The fourth-order valence-electron chi connectivity index (χ4n) is 4.00. The van der Waals surface area contributed by atoms with Gasteiger partial charge in [-0.1, -0.05) is 35.9 Å². The molecule has 1 N–H and O–H groups in total. The Kier molecular flexibility index (Phi) is 7.47. The number of amides is 1. The van der Waals surface area contributed by atoms with Crippen LogP contribution in [0.3, 0.4) is 0 Å². The van der Waals surface area contributed by atoms with E-state index >= 15 is 0 Å². The Labute approximate surface area is 223 Å². The van der Waals surface area contributed by atoms with Gasteiger partial charge in [-0.15, -0.1) is 0 Å². The predicted molar refractivity (Wildman–Crippen MR) is 139 cm³/mol. The highest BCUT2D eigenvalue weighted by molar-refractivity contribution is 7.90. The number of aromatic nitrogens is 2. The maximum Gasteiger partial charge on any atom is 0.416 e. The number of pyridine rings is 2. The molecule has 2 heterocycles. The van der Waals surface area contributed by atoms with Crippen molar-refractivity contribution in [1.82, 2.24) is 14.7 Å². The first-order chi connectivity index (χ1) is 18.2. The fraction of sp³-hybridized carbons (Fsp3) is 0.179. The van der Waals surface area contributed by atoms with Gasteiger partial charge in [0, 0.05) is 11.3 Å². The molecule has 0 saturated heterocycles. The van der Waals surface area contributed by atoms with Crippen LogP contribution in [0.4, 0.5) is 13.2 Å². The molecule has 11 heteroatoms. The zero-order valence-corrected chi connectivity index (χ0v) is 22.2. The molecule has 39 heavy (non-hydrogen) atoms. The molecule has 1 amide bonds. The van der Waals surface area contributed by atoms with Crippen LogP contribution in [0.5, 0.6) is 11.6 Å². The second-order valence-electron chi connectivity index (χ2n) is 9.01. The maximum atomic E-state index is 13.2. The molecule has 4 aromatic rings. The van der Waals surface area contributed by atoms with Crippen LogP contribution in [0.25, 0.3) is 11.3 Å². The predicted octanol–water partition coefficient (Wildman–Crippen LogP) is 6.31. The highest BCUT2D eigenvalue weighted by atomic mass is 32.2. The summed E-state index contributed by atoms with van der Waals surface area (Å²) in [6, 6.07) is 15.2. The summed E-state index contributed by atoms with van der Waals surface area (Å²) in [5.74, 6) is -0.815. The summed E-state index contributed by atoms with van der Waals surface area (Å²) >= 11 is 0. The van der Waals surface area contributed by atoms with Crippen molar-refractivity contribution < 1.29 is 31.1 Å². The van der Waals surface area contributed by atoms with Crippen LogP contribution in [0.2, 0.25) is 0 Å². The molecule has 4 rings (SSSR count). The van der Waals surface area contributed by atoms with Gasteiger partial charge in [0.15, 0.2) is 5.03 Å². The van der Waals surface area contributed by atoms with Crippen molar-refractivity contribution in [2.75, 3.05) is 0 Å². The number of hydrogen-bond donors (Lipinski definition) is 1. The molecular weight excluding hydrogens is 531 g/mol. The fourth-order valence-corrected chi connectivity index (χ4v) is 4.98. The van der Waals surface area contributed by atoms with Gasteiger partial charge in [-0.05, 0) is 75.2 Å². The number of hydrogen-bond acceptors (Lipinski definition) is 6. The van der Waals surface area contributed by atoms with Crippen molar-refractivity contribution >= 4 is 15.9 Å². The molecule has 0 aliphatic rings. The van der Waals surface area contributed by atoms with Gasteiger partial charge in [0.25, 0.3) is 15.9 Å². The van der Waals surface area contributed by atoms with E-state index in [9.17, 15) is 26.4 Å². The Bertz CT molecular complexity index is 1650. The number of benzene rings is 2. The quantitative estimate of drug-likeness (QED) is 0.300. The van der Waals surface area contributed by atoms with Crippen molar-refractivity contribution in [3.8, 4) is 22.9 Å². The SMILES string of the molecule is Cc1cc(C)c(Oc2nc(-c3ccc(C(F)(F)F)cc3)ccc2C(=O)NS(=O)(=O)c2cccc(C)n2)c(C)c1. The summed E-state index contributed by atoms with van der Waals surface area (Å²) in [6.07, 6.45) is -4.50. The highest BCUT2D eigenvalue weighted by Gasteiger charge is 2.30. The molecule has 202 valence electrons. The van der Waals surface area contributed by atoms with Crippen molar-refractivity contribution in [3.05, 3.63) is 100 Å². The molecule has 0 atom stereocenters. The van der Waals surface area contributed by atoms with E-state index in [0.29, 0.717) is 17.0 Å². The number of ether oxygens (including phenoxy) is 1. The summed E-state index contributed by atoms with van der Waals surface area (Å²) in [6.45, 7) is 7.14. The van der Waals surface area contributed by atoms with Gasteiger partial charge in [-0.3, -0.25) is 4.79 Å². The minimum absolute atomic E-state index is 0.193. The van der Waals surface area contributed by atoms with Crippen LogP contribution in [-0.2, 0) is 16.2 Å². The molecule has 2 aromatic carbocycles. The molecule has 0 radical (unpaired) electrons. The minimum Gasteiger partial charge on any atom is -0.438 e. The Morgan fingerprint density at radius 2 is 1.51 bits per heavy atom. The Morgan fingerprint density at radius 1 is 0.872 bits per heavy atom. The molecule has 2 aromatic heterocycles. The van der Waals surface area contributed by atoms with Gasteiger partial charge in [0.1, 0.15) is 11.3 Å². The van der Waals surface area contributed by atoms with E-state index in [4.69, 9.17) is 4.74 Å². The highest BCUT2D eigenvalue weighted by Crippen LogP contribution is 2.34. The normalized spacial score (nSPS) is 11.8. The number of aryl methyl sites for hydroxylation is 4. The van der Waals surface area contributed by atoms with Crippen LogP contribution in [0.1, 0.15) is 38.3 Å². The van der Waals surface area contributed by atoms with E-state index in [1.165, 1.54) is 36.4 Å². The summed E-state index contributed by atoms with van der Waals surface area (Å²) in [7, 11) is -4.32. The number of rotatable bonds is 6. The first-order valence-corrected chi connectivity index (χ1v) is 13.2. The first-order valence-electron chi connectivity index (χ1n) is 11.7. The molecule has 0 aliphatic carbocycles. The van der Waals surface area contributed by atoms with Gasteiger partial charge in [-0.25, -0.2) is 14.7 Å². The summed E-state index contributed by atoms with van der Waals surface area (Å²) in [5.41, 5.74) is 2.48. The number of sulfonamides is 1. The lowest BCUT2D eigenvalue weighted by Crippen LogP contribution is -2.31. The lowest BCUT2D eigenvalue weighted by atomic mass is 10.1. The van der Waals surface area contributed by atoms with E-state index in [-0.39, 0.29) is 22.2 Å². The van der Waals surface area contributed by atoms with Crippen LogP contribution in [0.15, 0.2) is 71.8 Å². The molecule has 0 aliphatic heterocycles. The van der Waals surface area contributed by atoms with E-state index in [2.05, 4.69) is 9.97 Å². The molecule has 0 spiro atoms. The topological polar surface area (TPSA) is 98.2 Å². The van der Waals surface area contributed by atoms with Gasteiger partial charge in [-0.2, -0.15) is 21.6 Å². The van der Waals surface area contributed by atoms with Crippen LogP contribution >= 0.6 is 0 Å². The summed E-state index contributed by atoms with van der Waals surface area (Å²) in [4.78, 5) is 21.6. The van der Waals surface area contributed by atoms with Crippen LogP contribution in [0, 0.1) is 27.7 Å². The zero-order valence-electron chi connectivity index (χ0n) is 21.4. The monoisotopic (exact) mass is 555 g/mol. The second kappa shape index (κ2) is 10.5. The molecule has 7 nitrogen and oxygen atoms in total. The van der Waals surface area contributed by atoms with E-state index in [0.717, 1.165) is 28.8 Å². The zero-order chi connectivity index (χ0) is 28.5. The van der Waals surface area contributed by atoms with E-state index in [1.54, 1.807) is 13.0 Å². The number of halogens is 3. The van der Waals surface area contributed by atoms with Gasteiger partial charge in [0.05, 0.1) is 11.3 Å². The first kappa shape index (κ1) is 27.8. The van der Waals surface area contributed by atoms with E-state index in [1.807, 2.05) is 37.6 Å². The third-order valence-electron chi connectivity index (χ3n) is 5.78. The number of carbonyl (C=O) groups is 1. The number of nitrogens with zero attached hydrogens (tertiary/aromatic N) is 2. The van der Waals surface area contributed by atoms with Gasteiger partial charge in [0.2, 0.25) is 5.88 Å². The Hall–Kier alpha value is -4.25. The third kappa shape index (κ3) is 6.26. The maximum absolute atomic E-state index is 13.2. The lowest BCUT2D eigenvalue weighted by Gasteiger charge is -2.16. The third-order valence-corrected chi connectivity index (χ3v) is 7.01. The van der Waals surface area contributed by atoms with E-state index < -0.39 is 27.7 Å². The second-order valence-corrected chi connectivity index (χ2v) is 10.6. The van der Waals surface area contributed by atoms with Crippen LogP contribution in [-0.4, -0.2) is 24.3 Å². The number of carbonyl (C=O) groups excluding carboxylic acids is 1. The lowest BCUT2D eigenvalue weighted by molar-refractivity contribution is -0.137.